The van der Waals surface area contributed by atoms with Crippen LogP contribution in [-0.4, -0.2) is 40.4 Å². The molecule has 1 amide bonds. The summed E-state index contributed by atoms with van der Waals surface area (Å²) in [4.78, 5) is 23.4. The van der Waals surface area contributed by atoms with Crippen LogP contribution in [0.15, 0.2) is 48.9 Å². The molecule has 5 heteroatoms. The summed E-state index contributed by atoms with van der Waals surface area (Å²) in [6, 6.07) is 10.3. The maximum Gasteiger partial charge on any atom is 0.239 e. The lowest BCUT2D eigenvalue weighted by atomic mass is 10.0. The number of carbonyl (C=O) groups excluding carboxylic acids is 1. The quantitative estimate of drug-likeness (QED) is 0.555. The Balaban J connectivity index is 1.75. The molecule has 0 bridgehead atoms. The molecule has 1 aromatic carbocycles. The fourth-order valence-corrected chi connectivity index (χ4v) is 3.46. The molecule has 0 radical (unpaired) electrons. The van der Waals surface area contributed by atoms with Crippen LogP contribution in [0.4, 0.5) is 5.82 Å². The lowest BCUT2D eigenvalue weighted by molar-refractivity contribution is -0.117. The minimum absolute atomic E-state index is 0.0135. The van der Waals surface area contributed by atoms with E-state index in [0.29, 0.717) is 12.4 Å². The van der Waals surface area contributed by atoms with Gasteiger partial charge in [0.2, 0.25) is 5.91 Å². The fraction of sp³-hybridized carbons (Fsp3) is 0.375. The van der Waals surface area contributed by atoms with Gasteiger partial charge in [-0.15, -0.1) is 0 Å². The van der Waals surface area contributed by atoms with E-state index in [0.717, 1.165) is 59.8 Å². The van der Waals surface area contributed by atoms with Crippen LogP contribution in [0, 0.1) is 6.92 Å². The van der Waals surface area contributed by atoms with Crippen molar-refractivity contribution >= 4 is 22.5 Å². The monoisotopic (exact) mass is 390 g/mol. The number of pyridine rings is 2. The molecule has 0 aliphatic carbocycles. The summed E-state index contributed by atoms with van der Waals surface area (Å²) < 4.78 is 0. The Kier molecular flexibility index (Phi) is 7.30. The third kappa shape index (κ3) is 5.84. The van der Waals surface area contributed by atoms with E-state index < -0.39 is 0 Å². The Hall–Kier alpha value is -2.79. The topological polar surface area (TPSA) is 58.1 Å². The molecule has 0 aliphatic heterocycles. The highest BCUT2D eigenvalue weighted by Gasteiger charge is 2.11. The number of anilines is 1. The molecule has 0 saturated carbocycles. The summed E-state index contributed by atoms with van der Waals surface area (Å²) in [5.41, 5.74) is 3.32. The van der Waals surface area contributed by atoms with Crippen molar-refractivity contribution in [3.05, 3.63) is 54.5 Å². The Bertz CT molecular complexity index is 970. The molecule has 0 fully saturated rings. The maximum atomic E-state index is 12.5. The summed E-state index contributed by atoms with van der Waals surface area (Å²) in [6.07, 6.45) is 8.82. The molecule has 29 heavy (non-hydrogen) atoms. The molecular weight excluding hydrogens is 360 g/mol. The third-order valence-corrected chi connectivity index (χ3v) is 4.93. The van der Waals surface area contributed by atoms with Gasteiger partial charge < -0.3 is 5.32 Å². The van der Waals surface area contributed by atoms with Crippen LogP contribution in [0.5, 0.6) is 0 Å². The molecule has 3 aromatic rings. The summed E-state index contributed by atoms with van der Waals surface area (Å²) in [6.45, 7) is 8.65. The summed E-state index contributed by atoms with van der Waals surface area (Å²) >= 11 is 0. The number of fused-ring (bicyclic) bond motifs is 1. The van der Waals surface area contributed by atoms with E-state index >= 15 is 0 Å². The third-order valence-electron chi connectivity index (χ3n) is 4.93. The lowest BCUT2D eigenvalue weighted by Gasteiger charge is -2.20. The van der Waals surface area contributed by atoms with Crippen molar-refractivity contribution in [2.45, 2.75) is 40.0 Å². The Morgan fingerprint density at radius 1 is 0.966 bits per heavy atom. The zero-order valence-electron chi connectivity index (χ0n) is 17.6. The van der Waals surface area contributed by atoms with Crippen LogP contribution in [-0.2, 0) is 4.79 Å². The van der Waals surface area contributed by atoms with Crippen LogP contribution < -0.4 is 5.32 Å². The normalized spacial score (nSPS) is 11.2. The zero-order chi connectivity index (χ0) is 20.6. The number of nitrogens with zero attached hydrogens (tertiary/aromatic N) is 3. The number of benzene rings is 1. The van der Waals surface area contributed by atoms with Crippen molar-refractivity contribution < 1.29 is 4.79 Å². The SMILES string of the molecule is CCCCN(CCC)CC(=O)Nc1cc2cc(-c3cncc(C)c3)ccc2cn1. The molecule has 2 heterocycles. The maximum absolute atomic E-state index is 12.5. The number of hydrogen-bond donors (Lipinski definition) is 1. The molecule has 1 N–H and O–H groups in total. The molecule has 3 rings (SSSR count). The van der Waals surface area contributed by atoms with E-state index in [9.17, 15) is 4.79 Å². The number of hydrogen-bond acceptors (Lipinski definition) is 4. The van der Waals surface area contributed by atoms with Gasteiger partial charge in [0.15, 0.2) is 0 Å². The highest BCUT2D eigenvalue weighted by Crippen LogP contribution is 2.25. The summed E-state index contributed by atoms with van der Waals surface area (Å²) in [7, 11) is 0. The molecular formula is C24H30N4O. The van der Waals surface area contributed by atoms with E-state index in [4.69, 9.17) is 0 Å². The van der Waals surface area contributed by atoms with Crippen molar-refractivity contribution in [3.8, 4) is 11.1 Å². The predicted octanol–water partition coefficient (Wildman–Crippen LogP) is 5.06. The van der Waals surface area contributed by atoms with E-state index in [1.165, 1.54) is 0 Å². The van der Waals surface area contributed by atoms with Crippen molar-refractivity contribution in [2.75, 3.05) is 25.0 Å². The molecule has 5 nitrogen and oxygen atoms in total. The van der Waals surface area contributed by atoms with Gasteiger partial charge in [-0.05, 0) is 67.6 Å². The van der Waals surface area contributed by atoms with E-state index in [-0.39, 0.29) is 5.91 Å². The van der Waals surface area contributed by atoms with Gasteiger partial charge in [-0.3, -0.25) is 14.7 Å². The Morgan fingerprint density at radius 3 is 2.59 bits per heavy atom. The van der Waals surface area contributed by atoms with E-state index in [2.05, 4.69) is 58.3 Å². The standard InChI is InChI=1S/C24H30N4O/c1-4-6-10-28(9-5-2)17-24(29)27-23-13-21-12-19(7-8-20(21)16-26-23)22-11-18(3)14-25-15-22/h7-8,11-16H,4-6,9-10,17H2,1-3H3,(H,26,27,29). The van der Waals surface area contributed by atoms with Gasteiger partial charge in [-0.1, -0.05) is 32.4 Å². The van der Waals surface area contributed by atoms with Crippen LogP contribution in [0.3, 0.4) is 0 Å². The number of unbranched alkanes of at least 4 members (excludes halogenated alkanes) is 1. The van der Waals surface area contributed by atoms with Gasteiger partial charge in [-0.25, -0.2) is 4.98 Å². The highest BCUT2D eigenvalue weighted by molar-refractivity contribution is 5.94. The molecule has 0 atom stereocenters. The van der Waals surface area contributed by atoms with E-state index in [1.807, 2.05) is 31.6 Å². The molecule has 0 spiro atoms. The van der Waals surface area contributed by atoms with Crippen molar-refractivity contribution in [2.24, 2.45) is 0 Å². The summed E-state index contributed by atoms with van der Waals surface area (Å²) in [5, 5.41) is 5.05. The van der Waals surface area contributed by atoms with Crippen LogP contribution >= 0.6 is 0 Å². The molecule has 0 aliphatic rings. The van der Waals surface area contributed by atoms with Crippen LogP contribution in [0.1, 0.15) is 38.7 Å². The molecule has 152 valence electrons. The number of aromatic nitrogens is 2. The second-order valence-corrected chi connectivity index (χ2v) is 7.56. The van der Waals surface area contributed by atoms with Crippen LogP contribution in [0.25, 0.3) is 21.9 Å². The fourth-order valence-electron chi connectivity index (χ4n) is 3.46. The molecule has 0 saturated heterocycles. The van der Waals surface area contributed by atoms with Gasteiger partial charge in [-0.2, -0.15) is 0 Å². The predicted molar refractivity (Wildman–Crippen MR) is 120 cm³/mol. The first-order valence-electron chi connectivity index (χ1n) is 10.4. The second-order valence-electron chi connectivity index (χ2n) is 7.56. The first kappa shape index (κ1) is 20.9. The summed E-state index contributed by atoms with van der Waals surface area (Å²) in [5.74, 6) is 0.578. The van der Waals surface area contributed by atoms with Gasteiger partial charge in [0, 0.05) is 29.5 Å². The van der Waals surface area contributed by atoms with Gasteiger partial charge >= 0.3 is 0 Å². The average Bonchev–Trinajstić information content (AvgIpc) is 2.71. The minimum Gasteiger partial charge on any atom is -0.310 e. The zero-order valence-corrected chi connectivity index (χ0v) is 17.6. The first-order chi connectivity index (χ1) is 14.1. The number of rotatable bonds is 9. The van der Waals surface area contributed by atoms with Crippen molar-refractivity contribution in [3.63, 3.8) is 0 Å². The second kappa shape index (κ2) is 10.1. The van der Waals surface area contributed by atoms with Gasteiger partial charge in [0.25, 0.3) is 0 Å². The van der Waals surface area contributed by atoms with Crippen molar-refractivity contribution in [1.29, 1.82) is 0 Å². The number of carbonyl (C=O) groups is 1. The lowest BCUT2D eigenvalue weighted by Crippen LogP contribution is -2.34. The van der Waals surface area contributed by atoms with Gasteiger partial charge in [0.05, 0.1) is 6.54 Å². The smallest absolute Gasteiger partial charge is 0.239 e. The van der Waals surface area contributed by atoms with E-state index in [1.54, 1.807) is 0 Å². The van der Waals surface area contributed by atoms with Crippen molar-refractivity contribution in [1.82, 2.24) is 14.9 Å². The number of amides is 1. The average molecular weight is 391 g/mol. The Morgan fingerprint density at radius 2 is 1.83 bits per heavy atom. The number of aryl methyl sites for hydroxylation is 1. The molecule has 2 aromatic heterocycles. The number of nitrogens with one attached hydrogen (secondary N) is 1. The van der Waals surface area contributed by atoms with Gasteiger partial charge in [0.1, 0.15) is 5.82 Å². The first-order valence-corrected chi connectivity index (χ1v) is 10.4. The van der Waals surface area contributed by atoms with Crippen LogP contribution in [0.2, 0.25) is 0 Å². The Labute approximate surface area is 173 Å². The largest absolute Gasteiger partial charge is 0.310 e. The molecule has 0 unspecified atom stereocenters. The minimum atomic E-state index is -0.0135. The highest BCUT2D eigenvalue weighted by atomic mass is 16.2.